The van der Waals surface area contributed by atoms with Crippen LogP contribution in [0.2, 0.25) is 5.02 Å². The van der Waals surface area contributed by atoms with E-state index in [1.807, 2.05) is 6.07 Å². The highest BCUT2D eigenvalue weighted by atomic mass is 35.5. The maximum atomic E-state index is 11.0. The van der Waals surface area contributed by atoms with Crippen LogP contribution in [0.3, 0.4) is 0 Å². The van der Waals surface area contributed by atoms with Gasteiger partial charge < -0.3 is 4.90 Å². The van der Waals surface area contributed by atoms with Gasteiger partial charge in [-0.05, 0) is 43.9 Å². The Labute approximate surface area is 101 Å². The van der Waals surface area contributed by atoms with Gasteiger partial charge in [-0.2, -0.15) is 0 Å². The van der Waals surface area contributed by atoms with E-state index in [2.05, 4.69) is 11.8 Å². The van der Waals surface area contributed by atoms with Crippen molar-refractivity contribution in [3.8, 4) is 0 Å². The van der Waals surface area contributed by atoms with Gasteiger partial charge in [-0.25, -0.2) is 0 Å². The number of carbonyl (C=O) groups is 1. The van der Waals surface area contributed by atoms with E-state index in [1.165, 1.54) is 12.8 Å². The Balaban J connectivity index is 2.26. The quantitative estimate of drug-likeness (QED) is 0.732. The van der Waals surface area contributed by atoms with Crippen LogP contribution in [0.4, 0.5) is 5.69 Å². The van der Waals surface area contributed by atoms with Crippen LogP contribution < -0.4 is 4.90 Å². The van der Waals surface area contributed by atoms with Gasteiger partial charge >= 0.3 is 0 Å². The SMILES string of the molecule is CCN(CC1CC1)c1cc(Cl)ccc1C=O. The van der Waals surface area contributed by atoms with E-state index in [1.54, 1.807) is 12.1 Å². The standard InChI is InChI=1S/C13H16ClNO/c1-2-15(8-10-3-4-10)13-7-12(14)6-5-11(13)9-16/h5-7,9-10H,2-4,8H2,1H3. The molecule has 1 aromatic rings. The van der Waals surface area contributed by atoms with Gasteiger partial charge in [-0.3, -0.25) is 4.79 Å². The zero-order valence-electron chi connectivity index (χ0n) is 9.45. The average Bonchev–Trinajstić information content (AvgIpc) is 3.09. The lowest BCUT2D eigenvalue weighted by atomic mass is 10.1. The van der Waals surface area contributed by atoms with Crippen molar-refractivity contribution < 1.29 is 4.79 Å². The lowest BCUT2D eigenvalue weighted by Gasteiger charge is -2.24. The number of hydrogen-bond acceptors (Lipinski definition) is 2. The van der Waals surface area contributed by atoms with Gasteiger partial charge in [0.05, 0.1) is 0 Å². The summed E-state index contributed by atoms with van der Waals surface area (Å²) in [5, 5.41) is 0.690. The topological polar surface area (TPSA) is 20.3 Å². The number of halogens is 1. The van der Waals surface area contributed by atoms with E-state index in [4.69, 9.17) is 11.6 Å². The van der Waals surface area contributed by atoms with E-state index < -0.39 is 0 Å². The third-order valence-corrected chi connectivity index (χ3v) is 3.25. The molecule has 0 aromatic heterocycles. The first-order valence-corrected chi connectivity index (χ1v) is 6.12. The van der Waals surface area contributed by atoms with Crippen molar-refractivity contribution in [2.24, 2.45) is 5.92 Å². The molecular weight excluding hydrogens is 222 g/mol. The summed E-state index contributed by atoms with van der Waals surface area (Å²) in [5.41, 5.74) is 1.70. The summed E-state index contributed by atoms with van der Waals surface area (Å²) >= 11 is 5.98. The van der Waals surface area contributed by atoms with Crippen LogP contribution in [-0.2, 0) is 0 Å². The molecule has 2 nitrogen and oxygen atoms in total. The Morgan fingerprint density at radius 2 is 2.25 bits per heavy atom. The third kappa shape index (κ3) is 2.56. The molecule has 0 atom stereocenters. The zero-order valence-corrected chi connectivity index (χ0v) is 10.2. The van der Waals surface area contributed by atoms with Crippen molar-refractivity contribution in [1.82, 2.24) is 0 Å². The van der Waals surface area contributed by atoms with Crippen LogP contribution in [0.5, 0.6) is 0 Å². The molecule has 86 valence electrons. The van der Waals surface area contributed by atoms with Crippen molar-refractivity contribution in [3.05, 3.63) is 28.8 Å². The molecule has 0 radical (unpaired) electrons. The van der Waals surface area contributed by atoms with Crippen molar-refractivity contribution in [3.63, 3.8) is 0 Å². The van der Waals surface area contributed by atoms with Crippen LogP contribution in [-0.4, -0.2) is 19.4 Å². The Hall–Kier alpha value is -1.02. The summed E-state index contributed by atoms with van der Waals surface area (Å²) in [5.74, 6) is 0.804. The van der Waals surface area contributed by atoms with Crippen molar-refractivity contribution in [2.75, 3.05) is 18.0 Å². The van der Waals surface area contributed by atoms with E-state index in [9.17, 15) is 4.79 Å². The third-order valence-electron chi connectivity index (χ3n) is 3.02. The zero-order chi connectivity index (χ0) is 11.5. The number of rotatable bonds is 5. The summed E-state index contributed by atoms with van der Waals surface area (Å²) < 4.78 is 0. The molecule has 0 spiro atoms. The van der Waals surface area contributed by atoms with E-state index in [-0.39, 0.29) is 0 Å². The van der Waals surface area contributed by atoms with Gasteiger partial charge in [0.15, 0.2) is 6.29 Å². The molecule has 0 aliphatic heterocycles. The first-order chi connectivity index (χ1) is 7.74. The number of carbonyl (C=O) groups excluding carboxylic acids is 1. The molecule has 1 aliphatic carbocycles. The molecule has 0 heterocycles. The number of hydrogen-bond donors (Lipinski definition) is 0. The highest BCUT2D eigenvalue weighted by molar-refractivity contribution is 6.31. The van der Waals surface area contributed by atoms with Crippen LogP contribution in [0, 0.1) is 5.92 Å². The molecule has 3 heteroatoms. The minimum atomic E-state index is 0.690. The highest BCUT2D eigenvalue weighted by Crippen LogP contribution is 2.32. The Kier molecular flexibility index (Phi) is 3.49. The monoisotopic (exact) mass is 237 g/mol. The predicted octanol–water partition coefficient (Wildman–Crippen LogP) is 3.39. The molecule has 1 fully saturated rings. The second kappa shape index (κ2) is 4.88. The van der Waals surface area contributed by atoms with Crippen molar-refractivity contribution in [1.29, 1.82) is 0 Å². The molecule has 0 amide bonds. The molecule has 0 bridgehead atoms. The lowest BCUT2D eigenvalue weighted by Crippen LogP contribution is -2.26. The Bertz CT molecular complexity index is 388. The molecule has 0 unspecified atom stereocenters. The van der Waals surface area contributed by atoms with Gasteiger partial charge in [0.2, 0.25) is 0 Å². The average molecular weight is 238 g/mol. The molecule has 1 aliphatic rings. The molecule has 16 heavy (non-hydrogen) atoms. The fourth-order valence-corrected chi connectivity index (χ4v) is 2.07. The van der Waals surface area contributed by atoms with Crippen LogP contribution in [0.1, 0.15) is 30.1 Å². The smallest absolute Gasteiger partial charge is 0.152 e. The number of benzene rings is 1. The highest BCUT2D eigenvalue weighted by Gasteiger charge is 2.24. The Morgan fingerprint density at radius 1 is 1.50 bits per heavy atom. The van der Waals surface area contributed by atoms with Crippen LogP contribution >= 0.6 is 11.6 Å². The van der Waals surface area contributed by atoms with Crippen molar-refractivity contribution >= 4 is 23.6 Å². The minimum Gasteiger partial charge on any atom is -0.371 e. The molecule has 1 saturated carbocycles. The molecule has 2 rings (SSSR count). The fraction of sp³-hybridized carbons (Fsp3) is 0.462. The maximum absolute atomic E-state index is 11.0. The second-order valence-corrected chi connectivity index (χ2v) is 4.74. The van der Waals surface area contributed by atoms with Crippen LogP contribution in [0.15, 0.2) is 18.2 Å². The number of nitrogens with zero attached hydrogens (tertiary/aromatic N) is 1. The van der Waals surface area contributed by atoms with Crippen LogP contribution in [0.25, 0.3) is 0 Å². The lowest BCUT2D eigenvalue weighted by molar-refractivity contribution is 0.112. The molecular formula is C13H16ClNO. The normalized spacial score (nSPS) is 14.9. The molecule has 0 N–H and O–H groups in total. The van der Waals surface area contributed by atoms with E-state index in [0.29, 0.717) is 5.02 Å². The maximum Gasteiger partial charge on any atom is 0.152 e. The number of anilines is 1. The van der Waals surface area contributed by atoms with Gasteiger partial charge in [0.1, 0.15) is 0 Å². The van der Waals surface area contributed by atoms with Gasteiger partial charge in [0, 0.05) is 29.4 Å². The largest absolute Gasteiger partial charge is 0.371 e. The first-order valence-electron chi connectivity index (χ1n) is 5.74. The Morgan fingerprint density at radius 3 is 2.81 bits per heavy atom. The van der Waals surface area contributed by atoms with Gasteiger partial charge in [-0.1, -0.05) is 11.6 Å². The van der Waals surface area contributed by atoms with Crippen molar-refractivity contribution in [2.45, 2.75) is 19.8 Å². The number of aldehydes is 1. The minimum absolute atomic E-state index is 0.690. The summed E-state index contributed by atoms with van der Waals surface area (Å²) in [6.45, 7) is 4.06. The molecule has 0 saturated heterocycles. The van der Waals surface area contributed by atoms with E-state index in [0.717, 1.165) is 36.5 Å². The fourth-order valence-electron chi connectivity index (χ4n) is 1.90. The van der Waals surface area contributed by atoms with E-state index >= 15 is 0 Å². The summed E-state index contributed by atoms with van der Waals surface area (Å²) in [6.07, 6.45) is 3.53. The second-order valence-electron chi connectivity index (χ2n) is 4.30. The first kappa shape index (κ1) is 11.5. The summed E-state index contributed by atoms with van der Waals surface area (Å²) in [6, 6.07) is 5.44. The predicted molar refractivity (Wildman–Crippen MR) is 67.5 cm³/mol. The van der Waals surface area contributed by atoms with Gasteiger partial charge in [0.25, 0.3) is 0 Å². The van der Waals surface area contributed by atoms with Gasteiger partial charge in [-0.15, -0.1) is 0 Å². The summed E-state index contributed by atoms with van der Waals surface area (Å²) in [7, 11) is 0. The summed E-state index contributed by atoms with van der Waals surface area (Å²) in [4.78, 5) is 13.2. The molecule has 1 aromatic carbocycles.